The molecule has 1 saturated heterocycles. The van der Waals surface area contributed by atoms with Gasteiger partial charge in [-0.05, 0) is 69.2 Å². The van der Waals surface area contributed by atoms with Gasteiger partial charge in [0.05, 0.1) is 13.0 Å². The summed E-state index contributed by atoms with van der Waals surface area (Å²) in [6.07, 6.45) is 5.36. The van der Waals surface area contributed by atoms with E-state index in [-0.39, 0.29) is 36.2 Å². The normalized spacial score (nSPS) is 25.2. The van der Waals surface area contributed by atoms with Gasteiger partial charge in [-0.1, -0.05) is 18.2 Å². The molecule has 1 aliphatic carbocycles. The van der Waals surface area contributed by atoms with E-state index < -0.39 is 0 Å². The minimum atomic E-state index is -0.125. The maximum absolute atomic E-state index is 12.8. The Morgan fingerprint density at radius 2 is 1.88 bits per heavy atom. The highest BCUT2D eigenvalue weighted by molar-refractivity contribution is 5.95. The molecule has 26 heavy (non-hydrogen) atoms. The molecule has 6 heteroatoms. The molecular formula is C20H29ClN2O3. The molecule has 0 bridgehead atoms. The van der Waals surface area contributed by atoms with Gasteiger partial charge >= 0.3 is 5.97 Å². The Kier molecular flexibility index (Phi) is 7.91. The molecule has 1 amide bonds. The molecule has 3 rings (SSSR count). The molecule has 0 aromatic heterocycles. The van der Waals surface area contributed by atoms with Crippen LogP contribution in [0.5, 0.6) is 0 Å². The molecule has 0 radical (unpaired) electrons. The van der Waals surface area contributed by atoms with Crippen molar-refractivity contribution in [1.82, 2.24) is 10.6 Å². The topological polar surface area (TPSA) is 67.4 Å². The van der Waals surface area contributed by atoms with Crippen LogP contribution >= 0.6 is 12.4 Å². The van der Waals surface area contributed by atoms with Gasteiger partial charge in [0, 0.05) is 11.6 Å². The van der Waals surface area contributed by atoms with Crippen LogP contribution in [-0.4, -0.2) is 38.1 Å². The van der Waals surface area contributed by atoms with Crippen LogP contribution in [0.3, 0.4) is 0 Å². The number of hydrogen-bond acceptors (Lipinski definition) is 4. The third-order valence-electron chi connectivity index (χ3n) is 5.53. The van der Waals surface area contributed by atoms with E-state index >= 15 is 0 Å². The largest absolute Gasteiger partial charge is 0.469 e. The van der Waals surface area contributed by atoms with E-state index in [9.17, 15) is 9.59 Å². The van der Waals surface area contributed by atoms with Crippen LogP contribution in [0.2, 0.25) is 0 Å². The van der Waals surface area contributed by atoms with E-state index in [0.717, 1.165) is 56.3 Å². The lowest BCUT2D eigenvalue weighted by atomic mass is 9.86. The first-order valence-corrected chi connectivity index (χ1v) is 9.34. The zero-order valence-electron chi connectivity index (χ0n) is 15.3. The van der Waals surface area contributed by atoms with Gasteiger partial charge in [0.15, 0.2) is 0 Å². The van der Waals surface area contributed by atoms with Gasteiger partial charge in [-0.15, -0.1) is 12.4 Å². The Morgan fingerprint density at radius 1 is 1.15 bits per heavy atom. The highest BCUT2D eigenvalue weighted by Crippen LogP contribution is 2.26. The second-order valence-electron chi connectivity index (χ2n) is 7.27. The van der Waals surface area contributed by atoms with Crippen molar-refractivity contribution in [3.63, 3.8) is 0 Å². The maximum Gasteiger partial charge on any atom is 0.308 e. The zero-order chi connectivity index (χ0) is 17.6. The molecule has 1 saturated carbocycles. The number of hydrogen-bond donors (Lipinski definition) is 2. The molecule has 1 aliphatic heterocycles. The number of halogens is 1. The van der Waals surface area contributed by atoms with Crippen molar-refractivity contribution in [3.8, 4) is 0 Å². The molecule has 1 aromatic rings. The average Bonchev–Trinajstić information content (AvgIpc) is 3.15. The van der Waals surface area contributed by atoms with E-state index in [0.29, 0.717) is 5.92 Å². The Labute approximate surface area is 161 Å². The van der Waals surface area contributed by atoms with Crippen molar-refractivity contribution in [2.45, 2.75) is 44.6 Å². The predicted octanol–water partition coefficient (Wildman–Crippen LogP) is 2.72. The summed E-state index contributed by atoms with van der Waals surface area (Å²) in [5.74, 6) is 0.494. The van der Waals surface area contributed by atoms with Crippen LogP contribution in [0.15, 0.2) is 24.3 Å². The van der Waals surface area contributed by atoms with Crippen molar-refractivity contribution in [2.75, 3.05) is 20.2 Å². The molecular weight excluding hydrogens is 352 g/mol. The van der Waals surface area contributed by atoms with Gasteiger partial charge in [0.1, 0.15) is 0 Å². The number of carbonyl (C=O) groups is 2. The summed E-state index contributed by atoms with van der Waals surface area (Å²) in [7, 11) is 1.44. The number of methoxy groups -OCH3 is 1. The summed E-state index contributed by atoms with van der Waals surface area (Å²) < 4.78 is 4.82. The standard InChI is InChI=1S/C20H28N2O3.ClH/c1-25-20(24)15-6-8-17(9-7-15)22-19(23)18-5-3-2-4-16(18)12-14-10-11-21-13-14;/h2-5,14-15,17,21H,6-13H2,1H3,(H,22,23);1H. The second kappa shape index (κ2) is 9.93. The number of nitrogens with one attached hydrogen (secondary N) is 2. The van der Waals surface area contributed by atoms with Crippen LogP contribution in [0.25, 0.3) is 0 Å². The van der Waals surface area contributed by atoms with E-state index in [1.165, 1.54) is 13.5 Å². The highest BCUT2D eigenvalue weighted by Gasteiger charge is 2.28. The van der Waals surface area contributed by atoms with Crippen molar-refractivity contribution in [2.24, 2.45) is 11.8 Å². The Balaban J connectivity index is 0.00000243. The molecule has 2 aliphatic rings. The van der Waals surface area contributed by atoms with Crippen LogP contribution in [0, 0.1) is 11.8 Å². The molecule has 5 nitrogen and oxygen atoms in total. The third kappa shape index (κ3) is 5.21. The molecule has 2 N–H and O–H groups in total. The Hall–Kier alpha value is -1.59. The van der Waals surface area contributed by atoms with Crippen LogP contribution < -0.4 is 10.6 Å². The summed E-state index contributed by atoms with van der Waals surface area (Å²) in [6, 6.07) is 8.08. The fourth-order valence-corrected chi connectivity index (χ4v) is 4.02. The summed E-state index contributed by atoms with van der Waals surface area (Å²) >= 11 is 0. The first-order valence-electron chi connectivity index (χ1n) is 9.34. The zero-order valence-corrected chi connectivity index (χ0v) is 16.1. The minimum Gasteiger partial charge on any atom is -0.469 e. The van der Waals surface area contributed by atoms with Gasteiger partial charge in [-0.25, -0.2) is 0 Å². The summed E-state index contributed by atoms with van der Waals surface area (Å²) in [6.45, 7) is 2.11. The van der Waals surface area contributed by atoms with E-state index in [4.69, 9.17) is 4.74 Å². The van der Waals surface area contributed by atoms with Crippen molar-refractivity contribution in [3.05, 3.63) is 35.4 Å². The molecule has 144 valence electrons. The van der Waals surface area contributed by atoms with Crippen LogP contribution in [-0.2, 0) is 16.0 Å². The average molecular weight is 381 g/mol. The van der Waals surface area contributed by atoms with Crippen LogP contribution in [0.4, 0.5) is 0 Å². The quantitative estimate of drug-likeness (QED) is 0.771. The lowest BCUT2D eigenvalue weighted by molar-refractivity contribution is -0.146. The van der Waals surface area contributed by atoms with Crippen molar-refractivity contribution < 1.29 is 14.3 Å². The molecule has 0 spiro atoms. The van der Waals surface area contributed by atoms with Gasteiger partial charge < -0.3 is 15.4 Å². The number of rotatable bonds is 5. The van der Waals surface area contributed by atoms with Gasteiger partial charge in [0.25, 0.3) is 5.91 Å². The maximum atomic E-state index is 12.8. The van der Waals surface area contributed by atoms with E-state index in [1.807, 2.05) is 18.2 Å². The van der Waals surface area contributed by atoms with E-state index in [1.54, 1.807) is 0 Å². The fraction of sp³-hybridized carbons (Fsp3) is 0.600. The molecule has 2 fully saturated rings. The van der Waals surface area contributed by atoms with Crippen LogP contribution in [0.1, 0.15) is 48.0 Å². The van der Waals surface area contributed by atoms with Crippen molar-refractivity contribution in [1.29, 1.82) is 0 Å². The SMILES string of the molecule is COC(=O)C1CCC(NC(=O)c2ccccc2CC2CCNC2)CC1.Cl. The Morgan fingerprint density at radius 3 is 2.54 bits per heavy atom. The second-order valence-corrected chi connectivity index (χ2v) is 7.27. The smallest absolute Gasteiger partial charge is 0.308 e. The summed E-state index contributed by atoms with van der Waals surface area (Å²) in [4.78, 5) is 24.4. The van der Waals surface area contributed by atoms with Gasteiger partial charge in [0.2, 0.25) is 0 Å². The molecule has 1 unspecified atom stereocenters. The lowest BCUT2D eigenvalue weighted by Crippen LogP contribution is -2.39. The first kappa shape index (κ1) is 20.7. The fourth-order valence-electron chi connectivity index (χ4n) is 4.02. The number of ether oxygens (including phenoxy) is 1. The molecule has 1 heterocycles. The number of carbonyl (C=O) groups excluding carboxylic acids is 2. The van der Waals surface area contributed by atoms with E-state index in [2.05, 4.69) is 16.7 Å². The summed E-state index contributed by atoms with van der Waals surface area (Å²) in [5, 5.41) is 6.56. The number of esters is 1. The molecule has 1 atom stereocenters. The monoisotopic (exact) mass is 380 g/mol. The summed E-state index contributed by atoms with van der Waals surface area (Å²) in [5.41, 5.74) is 1.93. The number of benzene rings is 1. The van der Waals surface area contributed by atoms with Crippen molar-refractivity contribution >= 4 is 24.3 Å². The third-order valence-corrected chi connectivity index (χ3v) is 5.53. The first-order chi connectivity index (χ1) is 12.2. The molecule has 1 aromatic carbocycles. The lowest BCUT2D eigenvalue weighted by Gasteiger charge is -2.28. The number of amides is 1. The van der Waals surface area contributed by atoms with Gasteiger partial charge in [-0.3, -0.25) is 9.59 Å². The predicted molar refractivity (Wildman–Crippen MR) is 104 cm³/mol. The highest BCUT2D eigenvalue weighted by atomic mass is 35.5. The Bertz CT molecular complexity index is 609. The minimum absolute atomic E-state index is 0. The van der Waals surface area contributed by atoms with Gasteiger partial charge in [-0.2, -0.15) is 0 Å².